The zero-order chi connectivity index (χ0) is 24.7. The molecule has 5 heteroatoms. The highest BCUT2D eigenvalue weighted by Crippen LogP contribution is 2.33. The maximum Gasteiger partial charge on any atom is 0.158 e. The van der Waals surface area contributed by atoms with Crippen molar-refractivity contribution in [2.24, 2.45) is 5.92 Å². The van der Waals surface area contributed by atoms with Gasteiger partial charge >= 0.3 is 0 Å². The number of nitrogens with one attached hydrogen (secondary N) is 1. The highest BCUT2D eigenvalue weighted by molar-refractivity contribution is 5.87. The first-order valence-corrected chi connectivity index (χ1v) is 14.0. The number of benzene rings is 2. The summed E-state index contributed by atoms with van der Waals surface area (Å²) < 4.78 is 4.94. The van der Waals surface area contributed by atoms with Crippen LogP contribution >= 0.6 is 0 Å². The smallest absolute Gasteiger partial charge is 0.158 e. The number of imidazole rings is 2. The van der Waals surface area contributed by atoms with Crippen molar-refractivity contribution in [3.63, 3.8) is 0 Å². The first-order chi connectivity index (χ1) is 17.8. The van der Waals surface area contributed by atoms with E-state index in [4.69, 9.17) is 9.97 Å². The molecule has 1 fully saturated rings. The maximum atomic E-state index is 5.07. The number of rotatable bonds is 11. The predicted octanol–water partition coefficient (Wildman–Crippen LogP) is 7.10. The van der Waals surface area contributed by atoms with Gasteiger partial charge in [-0.1, -0.05) is 69.0 Å². The van der Waals surface area contributed by atoms with Gasteiger partial charge in [0.25, 0.3) is 0 Å². The lowest BCUT2D eigenvalue weighted by Gasteiger charge is -2.24. The van der Waals surface area contributed by atoms with Crippen molar-refractivity contribution in [2.45, 2.75) is 77.8 Å². The van der Waals surface area contributed by atoms with E-state index in [0.29, 0.717) is 0 Å². The fraction of sp³-hybridized carbons (Fsp3) is 0.484. The van der Waals surface area contributed by atoms with Crippen molar-refractivity contribution in [3.8, 4) is 22.8 Å². The highest BCUT2D eigenvalue weighted by atomic mass is 15.2. The molecule has 2 heterocycles. The fourth-order valence-corrected chi connectivity index (χ4v) is 5.84. The third kappa shape index (κ3) is 5.41. The molecule has 0 unspecified atom stereocenters. The molecule has 4 aromatic rings. The summed E-state index contributed by atoms with van der Waals surface area (Å²) >= 11 is 0. The molecule has 2 aromatic heterocycles. The Balaban J connectivity index is 1.52. The molecule has 0 radical (unpaired) electrons. The van der Waals surface area contributed by atoms with Gasteiger partial charge in [0.2, 0.25) is 0 Å². The van der Waals surface area contributed by atoms with Crippen LogP contribution < -0.4 is 5.32 Å². The summed E-state index contributed by atoms with van der Waals surface area (Å²) in [5.41, 5.74) is 3.64. The monoisotopic (exact) mass is 483 g/mol. The van der Waals surface area contributed by atoms with Crippen LogP contribution in [0.25, 0.3) is 33.5 Å². The average molecular weight is 484 g/mol. The Morgan fingerprint density at radius 2 is 1.67 bits per heavy atom. The second kappa shape index (κ2) is 11.9. The summed E-state index contributed by atoms with van der Waals surface area (Å²) in [4.78, 5) is 9.90. The Bertz CT molecular complexity index is 1260. The SMILES string of the molecule is CCc1ncc(-c2ncc(-c3ccc4ccccc4c3)n2CC2CCCCC2)n1CCCCCNC. The molecule has 0 amide bonds. The molecule has 1 aliphatic rings. The number of nitrogens with zero attached hydrogens (tertiary/aromatic N) is 4. The number of aromatic nitrogens is 4. The maximum absolute atomic E-state index is 5.07. The van der Waals surface area contributed by atoms with E-state index in [0.717, 1.165) is 43.6 Å². The van der Waals surface area contributed by atoms with Crippen molar-refractivity contribution in [3.05, 3.63) is 60.7 Å². The van der Waals surface area contributed by atoms with Gasteiger partial charge in [-0.3, -0.25) is 0 Å². The minimum Gasteiger partial charge on any atom is -0.325 e. The summed E-state index contributed by atoms with van der Waals surface area (Å²) in [6, 6.07) is 15.5. The van der Waals surface area contributed by atoms with E-state index in [2.05, 4.69) is 76.2 Å². The second-order valence-electron chi connectivity index (χ2n) is 10.4. The molecular weight excluding hydrogens is 442 g/mol. The number of fused-ring (bicyclic) bond motifs is 1. The van der Waals surface area contributed by atoms with E-state index in [9.17, 15) is 0 Å². The molecule has 1 N–H and O–H groups in total. The predicted molar refractivity (Wildman–Crippen MR) is 150 cm³/mol. The van der Waals surface area contributed by atoms with Crippen LogP contribution in [0.2, 0.25) is 0 Å². The Morgan fingerprint density at radius 1 is 0.861 bits per heavy atom. The van der Waals surface area contributed by atoms with Gasteiger partial charge in [-0.2, -0.15) is 0 Å². The van der Waals surface area contributed by atoms with Gasteiger partial charge in [0.15, 0.2) is 5.82 Å². The number of aryl methyl sites for hydroxylation is 1. The lowest BCUT2D eigenvalue weighted by molar-refractivity contribution is 0.321. The lowest BCUT2D eigenvalue weighted by Crippen LogP contribution is -2.17. The lowest BCUT2D eigenvalue weighted by atomic mass is 9.89. The molecular formula is C31H41N5. The van der Waals surface area contributed by atoms with E-state index in [1.54, 1.807) is 0 Å². The van der Waals surface area contributed by atoms with E-state index in [1.165, 1.54) is 79.1 Å². The van der Waals surface area contributed by atoms with Crippen LogP contribution in [0.4, 0.5) is 0 Å². The first-order valence-electron chi connectivity index (χ1n) is 14.0. The van der Waals surface area contributed by atoms with Crippen molar-refractivity contribution in [2.75, 3.05) is 13.6 Å². The zero-order valence-corrected chi connectivity index (χ0v) is 22.0. The Labute approximate surface area is 216 Å². The molecule has 0 aliphatic heterocycles. The molecule has 2 aromatic carbocycles. The largest absolute Gasteiger partial charge is 0.325 e. The van der Waals surface area contributed by atoms with Crippen LogP contribution in [-0.4, -0.2) is 32.7 Å². The highest BCUT2D eigenvalue weighted by Gasteiger charge is 2.22. The van der Waals surface area contributed by atoms with Gasteiger partial charge in [-0.05, 0) is 62.0 Å². The minimum atomic E-state index is 0.717. The summed E-state index contributed by atoms with van der Waals surface area (Å²) in [7, 11) is 2.03. The number of hydrogen-bond donors (Lipinski definition) is 1. The first kappa shape index (κ1) is 24.8. The molecule has 0 bridgehead atoms. The standard InChI is InChI=1S/C31H41N5/c1-3-30-33-22-29(35(30)19-11-5-10-18-32-2)31-34-21-28(36(31)23-24-12-6-4-7-13-24)27-17-16-25-14-8-9-15-26(25)20-27/h8-9,14-17,20-22,24,32H,3-7,10-13,18-19,23H2,1-2H3. The van der Waals surface area contributed by atoms with Crippen molar-refractivity contribution in [1.82, 2.24) is 24.4 Å². The zero-order valence-electron chi connectivity index (χ0n) is 22.0. The van der Waals surface area contributed by atoms with Crippen molar-refractivity contribution >= 4 is 10.8 Å². The fourth-order valence-electron chi connectivity index (χ4n) is 5.84. The van der Waals surface area contributed by atoms with Crippen molar-refractivity contribution in [1.29, 1.82) is 0 Å². The van der Waals surface area contributed by atoms with Gasteiger partial charge < -0.3 is 14.5 Å². The molecule has 0 spiro atoms. The van der Waals surface area contributed by atoms with Crippen molar-refractivity contribution < 1.29 is 0 Å². The second-order valence-corrected chi connectivity index (χ2v) is 10.4. The summed E-state index contributed by atoms with van der Waals surface area (Å²) in [5, 5.41) is 5.82. The Morgan fingerprint density at radius 3 is 2.47 bits per heavy atom. The quantitative estimate of drug-likeness (QED) is 0.231. The Hall–Kier alpha value is -2.92. The third-order valence-electron chi connectivity index (χ3n) is 7.86. The molecule has 1 saturated carbocycles. The normalized spacial score (nSPS) is 14.6. The van der Waals surface area contributed by atoms with Gasteiger partial charge in [0, 0.05) is 25.1 Å². The molecule has 0 atom stereocenters. The van der Waals surface area contributed by atoms with E-state index in [1.807, 2.05) is 7.05 Å². The summed E-state index contributed by atoms with van der Waals surface area (Å²) in [6.07, 6.45) is 15.4. The molecule has 1 aliphatic carbocycles. The minimum absolute atomic E-state index is 0.717. The van der Waals surface area contributed by atoms with E-state index in [-0.39, 0.29) is 0 Å². The summed E-state index contributed by atoms with van der Waals surface area (Å²) in [6.45, 7) is 5.33. The Kier molecular flexibility index (Phi) is 8.17. The molecule has 5 rings (SSSR count). The number of hydrogen-bond acceptors (Lipinski definition) is 3. The van der Waals surface area contributed by atoms with Gasteiger partial charge in [0.1, 0.15) is 11.5 Å². The number of unbranched alkanes of at least 4 members (excludes halogenated alkanes) is 2. The van der Waals surface area contributed by atoms with E-state index < -0.39 is 0 Å². The average Bonchev–Trinajstić information content (AvgIpc) is 3.52. The van der Waals surface area contributed by atoms with Crippen LogP contribution in [0, 0.1) is 5.92 Å². The van der Waals surface area contributed by atoms with Crippen LogP contribution in [0.1, 0.15) is 64.1 Å². The van der Waals surface area contributed by atoms with Crippen LogP contribution in [0.15, 0.2) is 54.9 Å². The van der Waals surface area contributed by atoms with Gasteiger partial charge in [-0.15, -0.1) is 0 Å². The third-order valence-corrected chi connectivity index (χ3v) is 7.86. The van der Waals surface area contributed by atoms with Gasteiger partial charge in [-0.25, -0.2) is 9.97 Å². The van der Waals surface area contributed by atoms with Gasteiger partial charge in [0.05, 0.1) is 18.1 Å². The van der Waals surface area contributed by atoms with Crippen LogP contribution in [-0.2, 0) is 19.5 Å². The van der Waals surface area contributed by atoms with E-state index >= 15 is 0 Å². The van der Waals surface area contributed by atoms with Crippen LogP contribution in [0.5, 0.6) is 0 Å². The summed E-state index contributed by atoms with van der Waals surface area (Å²) in [5.74, 6) is 2.96. The topological polar surface area (TPSA) is 47.7 Å². The molecule has 5 nitrogen and oxygen atoms in total. The molecule has 0 saturated heterocycles. The van der Waals surface area contributed by atoms with Crippen LogP contribution in [0.3, 0.4) is 0 Å². The molecule has 36 heavy (non-hydrogen) atoms. The molecule has 190 valence electrons.